The maximum Gasteiger partial charge on any atom is 0.303 e. The Kier molecular flexibility index (Phi) is 9.07. The molecular formula is C31H33NO4S. The second-order valence-electron chi connectivity index (χ2n) is 9.37. The maximum atomic E-state index is 12.3. The third kappa shape index (κ3) is 7.26. The van der Waals surface area contributed by atoms with Gasteiger partial charge in [-0.1, -0.05) is 50.6 Å². The van der Waals surface area contributed by atoms with Crippen molar-refractivity contribution in [2.24, 2.45) is 5.92 Å². The van der Waals surface area contributed by atoms with Gasteiger partial charge in [0.05, 0.1) is 0 Å². The summed E-state index contributed by atoms with van der Waals surface area (Å²) in [5, 5.41) is 13.5. The van der Waals surface area contributed by atoms with Crippen LogP contribution >= 0.6 is 11.8 Å². The number of carboxylic acid groups (broad SMARTS) is 1. The van der Waals surface area contributed by atoms with Gasteiger partial charge >= 0.3 is 5.97 Å². The first kappa shape index (κ1) is 26.6. The van der Waals surface area contributed by atoms with Crippen LogP contribution in [0.25, 0.3) is 22.3 Å². The molecule has 0 saturated carbocycles. The topological polar surface area (TPSA) is 79.5 Å². The molecule has 0 fully saturated rings. The van der Waals surface area contributed by atoms with E-state index in [0.29, 0.717) is 17.9 Å². The molecular weight excluding hydrogens is 482 g/mol. The smallest absolute Gasteiger partial charge is 0.303 e. The molecule has 1 heterocycles. The molecule has 6 heteroatoms. The number of furan rings is 1. The maximum absolute atomic E-state index is 12.3. The minimum absolute atomic E-state index is 0.0161. The van der Waals surface area contributed by atoms with Crippen molar-refractivity contribution >= 4 is 40.2 Å². The second kappa shape index (κ2) is 12.6. The molecule has 5 nitrogen and oxygen atoms in total. The van der Waals surface area contributed by atoms with Crippen molar-refractivity contribution in [1.82, 2.24) is 0 Å². The zero-order chi connectivity index (χ0) is 26.2. The highest BCUT2D eigenvalue weighted by atomic mass is 32.2. The van der Waals surface area contributed by atoms with Gasteiger partial charge in [-0.2, -0.15) is 0 Å². The van der Waals surface area contributed by atoms with E-state index in [0.717, 1.165) is 40.2 Å². The van der Waals surface area contributed by atoms with Crippen LogP contribution < -0.4 is 5.32 Å². The number of nitrogens with one attached hydrogen (secondary N) is 1. The quantitative estimate of drug-likeness (QED) is 0.138. The lowest BCUT2D eigenvalue weighted by Gasteiger charge is -2.25. The largest absolute Gasteiger partial charge is 0.481 e. The summed E-state index contributed by atoms with van der Waals surface area (Å²) in [5.74, 6) is 1.37. The van der Waals surface area contributed by atoms with E-state index in [1.54, 1.807) is 0 Å². The van der Waals surface area contributed by atoms with Crippen molar-refractivity contribution in [3.63, 3.8) is 0 Å². The highest BCUT2D eigenvalue weighted by Crippen LogP contribution is 2.30. The molecule has 0 aliphatic carbocycles. The van der Waals surface area contributed by atoms with E-state index in [1.165, 1.54) is 4.90 Å². The fourth-order valence-electron chi connectivity index (χ4n) is 4.17. The molecule has 0 aliphatic heterocycles. The number of benzene rings is 3. The molecule has 3 aromatic carbocycles. The fraction of sp³-hybridized carbons (Fsp3) is 0.290. The van der Waals surface area contributed by atoms with E-state index >= 15 is 0 Å². The Morgan fingerprint density at radius 3 is 2.38 bits per heavy atom. The Morgan fingerprint density at radius 2 is 1.70 bits per heavy atom. The van der Waals surface area contributed by atoms with Crippen molar-refractivity contribution < 1.29 is 19.1 Å². The lowest BCUT2D eigenvalue weighted by Crippen LogP contribution is -2.29. The predicted molar refractivity (Wildman–Crippen MR) is 151 cm³/mol. The Hall–Kier alpha value is -3.51. The number of aliphatic carboxylic acids is 1. The zero-order valence-corrected chi connectivity index (χ0v) is 22.1. The number of Topliss-reactive ketones (excluding diaryl/α,β-unsaturated/α-hetero) is 1. The van der Waals surface area contributed by atoms with Crippen LogP contribution in [0, 0.1) is 5.92 Å². The van der Waals surface area contributed by atoms with Crippen LogP contribution in [-0.2, 0) is 4.79 Å². The average Bonchev–Trinajstić information content (AvgIpc) is 3.35. The molecule has 0 radical (unpaired) electrons. The number of para-hydroxylation sites is 1. The van der Waals surface area contributed by atoms with E-state index in [1.807, 2.05) is 54.2 Å². The van der Waals surface area contributed by atoms with Gasteiger partial charge in [-0.3, -0.25) is 9.59 Å². The molecule has 0 aliphatic rings. The monoisotopic (exact) mass is 515 g/mol. The Morgan fingerprint density at radius 1 is 0.973 bits per heavy atom. The van der Waals surface area contributed by atoms with E-state index in [2.05, 4.69) is 55.6 Å². The van der Waals surface area contributed by atoms with Crippen molar-refractivity contribution in [1.29, 1.82) is 0 Å². The third-order valence-corrected chi connectivity index (χ3v) is 7.81. The number of hydrogen-bond acceptors (Lipinski definition) is 5. The van der Waals surface area contributed by atoms with Gasteiger partial charge in [0, 0.05) is 51.7 Å². The molecule has 2 atom stereocenters. The summed E-state index contributed by atoms with van der Waals surface area (Å²) >= 11 is 1.82. The van der Waals surface area contributed by atoms with Crippen LogP contribution in [0.4, 0.5) is 5.69 Å². The second-order valence-corrected chi connectivity index (χ2v) is 10.5. The fourth-order valence-corrected chi connectivity index (χ4v) is 5.28. The molecule has 37 heavy (non-hydrogen) atoms. The first-order valence-corrected chi connectivity index (χ1v) is 13.7. The Balaban J connectivity index is 1.35. The van der Waals surface area contributed by atoms with Crippen molar-refractivity contribution in [2.45, 2.75) is 50.5 Å². The van der Waals surface area contributed by atoms with Gasteiger partial charge in [0.2, 0.25) is 0 Å². The van der Waals surface area contributed by atoms with E-state index < -0.39 is 5.97 Å². The normalized spacial score (nSPS) is 12.8. The van der Waals surface area contributed by atoms with Gasteiger partial charge in [0.15, 0.2) is 5.78 Å². The van der Waals surface area contributed by atoms with Crippen LogP contribution in [0.1, 0.15) is 49.9 Å². The Labute approximate surface area is 222 Å². The van der Waals surface area contributed by atoms with E-state index in [9.17, 15) is 9.59 Å². The van der Waals surface area contributed by atoms with Crippen LogP contribution in [-0.4, -0.2) is 28.7 Å². The minimum atomic E-state index is -0.872. The van der Waals surface area contributed by atoms with Crippen LogP contribution in [0.3, 0.4) is 0 Å². The van der Waals surface area contributed by atoms with Gasteiger partial charge < -0.3 is 14.8 Å². The van der Waals surface area contributed by atoms with Crippen LogP contribution in [0.5, 0.6) is 0 Å². The van der Waals surface area contributed by atoms with E-state index in [4.69, 9.17) is 9.52 Å². The van der Waals surface area contributed by atoms with Gasteiger partial charge in [-0.25, -0.2) is 0 Å². The molecule has 0 unspecified atom stereocenters. The summed E-state index contributed by atoms with van der Waals surface area (Å²) in [6, 6.07) is 26.4. The number of carboxylic acids is 1. The zero-order valence-electron chi connectivity index (χ0n) is 21.3. The average molecular weight is 516 g/mol. The lowest BCUT2D eigenvalue weighted by molar-refractivity contribution is -0.137. The third-order valence-electron chi connectivity index (χ3n) is 6.68. The molecule has 4 aromatic rings. The molecule has 192 valence electrons. The Bertz CT molecular complexity index is 1290. The number of thioether (sulfide) groups is 1. The number of anilines is 1. The van der Waals surface area contributed by atoms with Crippen molar-refractivity contribution in [3.05, 3.63) is 84.4 Å². The number of fused-ring (bicyclic) bond motifs is 1. The first-order chi connectivity index (χ1) is 17.9. The van der Waals surface area contributed by atoms with E-state index in [-0.39, 0.29) is 24.7 Å². The van der Waals surface area contributed by atoms with Gasteiger partial charge in [-0.05, 0) is 60.9 Å². The standard InChI is InChI=1S/C31H33NO4S/c1-3-21(2)27(32-25-15-11-22(12-16-25)28(33)8-6-10-31(34)35)20-37-26-17-13-23(14-18-26)30-19-24-7-4-5-9-29(24)36-30/h4-5,7,9,11-19,21,27,32H,3,6,8,10,20H2,1-2H3,(H,34,35)/t21-,27+/m0/s1. The van der Waals surface area contributed by atoms with Gasteiger partial charge in [0.25, 0.3) is 0 Å². The number of carbonyl (C=O) groups excluding carboxylic acids is 1. The molecule has 0 bridgehead atoms. The summed E-state index contributed by atoms with van der Waals surface area (Å²) in [4.78, 5) is 24.2. The summed E-state index contributed by atoms with van der Waals surface area (Å²) < 4.78 is 5.99. The molecule has 0 saturated heterocycles. The number of ketones is 1. The van der Waals surface area contributed by atoms with Crippen LogP contribution in [0.2, 0.25) is 0 Å². The summed E-state index contributed by atoms with van der Waals surface area (Å²) in [7, 11) is 0. The predicted octanol–water partition coefficient (Wildman–Crippen LogP) is 8.16. The van der Waals surface area contributed by atoms with Crippen molar-refractivity contribution in [2.75, 3.05) is 11.1 Å². The number of rotatable bonds is 13. The number of hydrogen-bond donors (Lipinski definition) is 2. The summed E-state index contributed by atoms with van der Waals surface area (Å²) in [6.45, 7) is 4.45. The van der Waals surface area contributed by atoms with Crippen LogP contribution in [0.15, 0.2) is 88.2 Å². The SMILES string of the molecule is CC[C@H](C)[C@@H](CSc1ccc(-c2cc3ccccc3o2)cc1)Nc1ccc(C(=O)CCCC(=O)O)cc1. The lowest BCUT2D eigenvalue weighted by atomic mass is 10.00. The highest BCUT2D eigenvalue weighted by Gasteiger charge is 2.17. The summed E-state index contributed by atoms with van der Waals surface area (Å²) in [5.41, 5.74) is 3.56. The van der Waals surface area contributed by atoms with Crippen molar-refractivity contribution in [3.8, 4) is 11.3 Å². The molecule has 0 amide bonds. The molecule has 0 spiro atoms. The summed E-state index contributed by atoms with van der Waals surface area (Å²) in [6.07, 6.45) is 1.69. The molecule has 4 rings (SSSR count). The molecule has 1 aromatic heterocycles. The highest BCUT2D eigenvalue weighted by molar-refractivity contribution is 7.99. The minimum Gasteiger partial charge on any atom is -0.481 e. The van der Waals surface area contributed by atoms with Gasteiger partial charge in [0.1, 0.15) is 11.3 Å². The van der Waals surface area contributed by atoms with Gasteiger partial charge in [-0.15, -0.1) is 11.8 Å². The first-order valence-electron chi connectivity index (χ1n) is 12.8. The number of carbonyl (C=O) groups is 2. The molecule has 2 N–H and O–H groups in total.